The number of aryl methyl sites for hydroxylation is 2. The minimum Gasteiger partial charge on any atom is -0.308 e. The maximum absolute atomic E-state index is 12.8. The third-order valence-electron chi connectivity index (χ3n) is 3.81. The van der Waals surface area contributed by atoms with Crippen molar-refractivity contribution in [3.05, 3.63) is 59.2 Å². The smallest absolute Gasteiger partial charge is 0.258 e. The van der Waals surface area contributed by atoms with Gasteiger partial charge in [0, 0.05) is 22.7 Å². The summed E-state index contributed by atoms with van der Waals surface area (Å²) in [7, 11) is 0. The molecular formula is C17H17NOS. The van der Waals surface area contributed by atoms with Gasteiger partial charge < -0.3 is 4.90 Å². The number of fused-ring (bicyclic) bond motifs is 1. The Morgan fingerprint density at radius 3 is 2.85 bits per heavy atom. The minimum atomic E-state index is 0.0746. The zero-order valence-electron chi connectivity index (χ0n) is 11.5. The Kier molecular flexibility index (Phi) is 3.53. The number of nitrogens with zero attached hydrogens (tertiary/aromatic N) is 1. The van der Waals surface area contributed by atoms with E-state index in [1.807, 2.05) is 48.2 Å². The first-order valence-electron chi connectivity index (χ1n) is 6.86. The molecule has 0 saturated heterocycles. The van der Waals surface area contributed by atoms with Gasteiger partial charge in [0.25, 0.3) is 5.91 Å². The van der Waals surface area contributed by atoms with Crippen molar-refractivity contribution < 1.29 is 4.79 Å². The molecule has 0 unspecified atom stereocenters. The van der Waals surface area contributed by atoms with Crippen molar-refractivity contribution in [3.63, 3.8) is 0 Å². The number of carbonyl (C=O) groups excluding carboxylic acids is 1. The van der Waals surface area contributed by atoms with E-state index in [1.165, 1.54) is 5.56 Å². The van der Waals surface area contributed by atoms with Crippen LogP contribution in [0, 0.1) is 6.92 Å². The van der Waals surface area contributed by atoms with Crippen LogP contribution in [0.2, 0.25) is 0 Å². The highest BCUT2D eigenvalue weighted by Gasteiger charge is 2.24. The second-order valence-electron chi connectivity index (χ2n) is 5.19. The number of rotatable bonds is 1. The average Bonchev–Trinajstić information content (AvgIpc) is 2.48. The van der Waals surface area contributed by atoms with Crippen LogP contribution in [0.5, 0.6) is 0 Å². The van der Waals surface area contributed by atoms with Crippen LogP contribution in [-0.2, 0) is 6.42 Å². The highest BCUT2D eigenvalue weighted by atomic mass is 32.1. The zero-order chi connectivity index (χ0) is 14.1. The number of anilines is 1. The first-order valence-corrected chi connectivity index (χ1v) is 7.31. The third kappa shape index (κ3) is 2.34. The van der Waals surface area contributed by atoms with E-state index in [0.29, 0.717) is 0 Å². The number of thiol groups is 1. The van der Waals surface area contributed by atoms with Crippen LogP contribution >= 0.6 is 12.6 Å². The molecule has 2 nitrogen and oxygen atoms in total. The van der Waals surface area contributed by atoms with E-state index in [9.17, 15) is 4.79 Å². The number of para-hydroxylation sites is 1. The van der Waals surface area contributed by atoms with Gasteiger partial charge in [-0.3, -0.25) is 4.79 Å². The van der Waals surface area contributed by atoms with Crippen LogP contribution in [0.1, 0.15) is 27.9 Å². The summed E-state index contributed by atoms with van der Waals surface area (Å²) in [6.07, 6.45) is 2.06. The molecule has 0 spiro atoms. The van der Waals surface area contributed by atoms with Crippen molar-refractivity contribution in [1.29, 1.82) is 0 Å². The topological polar surface area (TPSA) is 20.3 Å². The molecule has 0 N–H and O–H groups in total. The number of amides is 1. The summed E-state index contributed by atoms with van der Waals surface area (Å²) in [5.41, 5.74) is 4.05. The summed E-state index contributed by atoms with van der Waals surface area (Å²) in [5, 5.41) is 0. The summed E-state index contributed by atoms with van der Waals surface area (Å²) in [6, 6.07) is 13.9. The van der Waals surface area contributed by atoms with Crippen LogP contribution in [0.3, 0.4) is 0 Å². The lowest BCUT2D eigenvalue weighted by Gasteiger charge is -2.30. The van der Waals surface area contributed by atoms with Gasteiger partial charge in [0.2, 0.25) is 0 Å². The molecule has 0 aromatic heterocycles. The quantitative estimate of drug-likeness (QED) is 0.788. The molecule has 0 aliphatic carbocycles. The van der Waals surface area contributed by atoms with Gasteiger partial charge in [-0.1, -0.05) is 24.3 Å². The third-order valence-corrected chi connectivity index (χ3v) is 4.09. The van der Waals surface area contributed by atoms with Gasteiger partial charge in [-0.25, -0.2) is 0 Å². The summed E-state index contributed by atoms with van der Waals surface area (Å²) in [6.45, 7) is 2.75. The molecule has 20 heavy (non-hydrogen) atoms. The fourth-order valence-electron chi connectivity index (χ4n) is 2.73. The van der Waals surface area contributed by atoms with Crippen molar-refractivity contribution >= 4 is 24.2 Å². The van der Waals surface area contributed by atoms with Crippen LogP contribution in [0.15, 0.2) is 47.4 Å². The molecule has 3 rings (SSSR count). The van der Waals surface area contributed by atoms with Gasteiger partial charge in [-0.2, -0.15) is 0 Å². The summed E-state index contributed by atoms with van der Waals surface area (Å²) in [4.78, 5) is 15.5. The molecule has 0 atom stereocenters. The maximum atomic E-state index is 12.8. The van der Waals surface area contributed by atoms with Crippen LogP contribution in [0.4, 0.5) is 5.69 Å². The van der Waals surface area contributed by atoms with Crippen molar-refractivity contribution in [1.82, 2.24) is 0 Å². The fourth-order valence-corrected chi connectivity index (χ4v) is 2.93. The molecule has 0 fully saturated rings. The molecule has 0 bridgehead atoms. The molecule has 0 saturated carbocycles. The Labute approximate surface area is 124 Å². The lowest BCUT2D eigenvalue weighted by molar-refractivity contribution is 0.0984. The molecule has 2 aromatic carbocycles. The predicted molar refractivity (Wildman–Crippen MR) is 84.9 cm³/mol. The van der Waals surface area contributed by atoms with Gasteiger partial charge >= 0.3 is 0 Å². The Hall–Kier alpha value is -1.74. The number of hydrogen-bond donors (Lipinski definition) is 1. The average molecular weight is 283 g/mol. The van der Waals surface area contributed by atoms with Gasteiger partial charge in [0.1, 0.15) is 0 Å². The second-order valence-corrected chi connectivity index (χ2v) is 5.70. The fraction of sp³-hybridized carbons (Fsp3) is 0.235. The van der Waals surface area contributed by atoms with Crippen LogP contribution < -0.4 is 4.90 Å². The molecule has 1 aliphatic heterocycles. The maximum Gasteiger partial charge on any atom is 0.258 e. The SMILES string of the molecule is Cc1ccc(S)cc1C(=O)N1CCCc2ccccc21. The van der Waals surface area contributed by atoms with Gasteiger partial charge in [-0.15, -0.1) is 12.6 Å². The molecule has 1 aliphatic rings. The van der Waals surface area contributed by atoms with Crippen molar-refractivity contribution in [2.75, 3.05) is 11.4 Å². The Balaban J connectivity index is 2.02. The van der Waals surface area contributed by atoms with E-state index >= 15 is 0 Å². The van der Waals surface area contributed by atoms with E-state index in [-0.39, 0.29) is 5.91 Å². The molecule has 102 valence electrons. The van der Waals surface area contributed by atoms with Crippen LogP contribution in [0.25, 0.3) is 0 Å². The molecule has 2 aromatic rings. The second kappa shape index (κ2) is 5.33. The van der Waals surface area contributed by atoms with E-state index in [2.05, 4.69) is 18.7 Å². The molecule has 1 amide bonds. The van der Waals surface area contributed by atoms with Crippen molar-refractivity contribution in [3.8, 4) is 0 Å². The highest BCUT2D eigenvalue weighted by Crippen LogP contribution is 2.29. The van der Waals surface area contributed by atoms with Crippen molar-refractivity contribution in [2.24, 2.45) is 0 Å². The zero-order valence-corrected chi connectivity index (χ0v) is 12.4. The van der Waals surface area contributed by atoms with E-state index in [0.717, 1.165) is 41.1 Å². The van der Waals surface area contributed by atoms with Gasteiger partial charge in [0.15, 0.2) is 0 Å². The monoisotopic (exact) mass is 283 g/mol. The van der Waals surface area contributed by atoms with E-state index < -0.39 is 0 Å². The first kappa shape index (κ1) is 13.3. The summed E-state index contributed by atoms with van der Waals surface area (Å²) < 4.78 is 0. The highest BCUT2D eigenvalue weighted by molar-refractivity contribution is 7.80. The van der Waals surface area contributed by atoms with Crippen molar-refractivity contribution in [2.45, 2.75) is 24.7 Å². The van der Waals surface area contributed by atoms with E-state index in [1.54, 1.807) is 0 Å². The number of carbonyl (C=O) groups is 1. The largest absolute Gasteiger partial charge is 0.308 e. The van der Waals surface area contributed by atoms with Gasteiger partial charge in [0.05, 0.1) is 0 Å². The summed E-state index contributed by atoms with van der Waals surface area (Å²) >= 11 is 4.34. The Bertz CT molecular complexity index is 666. The Morgan fingerprint density at radius 2 is 2.00 bits per heavy atom. The lowest BCUT2D eigenvalue weighted by Crippen LogP contribution is -2.35. The first-order chi connectivity index (χ1) is 9.66. The molecule has 0 radical (unpaired) electrons. The standard InChI is InChI=1S/C17H17NOS/c1-12-8-9-14(20)11-15(12)17(19)18-10-4-6-13-5-2-3-7-16(13)18/h2-3,5,7-9,11,20H,4,6,10H2,1H3. The van der Waals surface area contributed by atoms with Gasteiger partial charge in [-0.05, 0) is 49.1 Å². The number of benzene rings is 2. The normalized spacial score (nSPS) is 14.0. The predicted octanol–water partition coefficient (Wildman–Crippen LogP) is 3.88. The molecule has 1 heterocycles. The molecular weight excluding hydrogens is 266 g/mol. The van der Waals surface area contributed by atoms with E-state index in [4.69, 9.17) is 0 Å². The minimum absolute atomic E-state index is 0.0746. The molecule has 3 heteroatoms. The van der Waals surface area contributed by atoms with Crippen LogP contribution in [-0.4, -0.2) is 12.5 Å². The Morgan fingerprint density at radius 1 is 1.20 bits per heavy atom. The lowest BCUT2D eigenvalue weighted by atomic mass is 10.00. The summed E-state index contributed by atoms with van der Waals surface area (Å²) in [5.74, 6) is 0.0746. The number of hydrogen-bond acceptors (Lipinski definition) is 2.